The molecule has 7 nitrogen and oxygen atoms in total. The van der Waals surface area contributed by atoms with Crippen LogP contribution >= 0.6 is 22.9 Å². The lowest BCUT2D eigenvalue weighted by Crippen LogP contribution is -2.18. The van der Waals surface area contributed by atoms with Gasteiger partial charge in [0.15, 0.2) is 5.13 Å². The number of nitrogens with zero attached hydrogens (tertiary/aromatic N) is 2. The predicted octanol–water partition coefficient (Wildman–Crippen LogP) is 4.91. The number of sulfonamides is 1. The molecule has 0 unspecified atom stereocenters. The van der Waals surface area contributed by atoms with E-state index in [1.807, 2.05) is 12.1 Å². The molecule has 0 saturated carbocycles. The van der Waals surface area contributed by atoms with Crippen molar-refractivity contribution in [2.75, 3.05) is 10.0 Å². The summed E-state index contributed by atoms with van der Waals surface area (Å²) in [6.45, 7) is 0. The van der Waals surface area contributed by atoms with E-state index >= 15 is 0 Å². The Labute approximate surface area is 187 Å². The van der Waals surface area contributed by atoms with E-state index in [9.17, 15) is 13.2 Å². The second kappa shape index (κ2) is 8.84. The van der Waals surface area contributed by atoms with Crippen LogP contribution in [0.25, 0.3) is 11.4 Å². The first kappa shape index (κ1) is 21.0. The maximum Gasteiger partial charge on any atom is 0.261 e. The van der Waals surface area contributed by atoms with Crippen molar-refractivity contribution in [2.45, 2.75) is 4.90 Å². The van der Waals surface area contributed by atoms with Crippen molar-refractivity contribution in [3.63, 3.8) is 0 Å². The second-order valence-electron chi connectivity index (χ2n) is 6.31. The third-order valence-electron chi connectivity index (χ3n) is 4.19. The van der Waals surface area contributed by atoms with Crippen molar-refractivity contribution < 1.29 is 13.2 Å². The number of hydrogen-bond donors (Lipinski definition) is 2. The smallest absolute Gasteiger partial charge is 0.261 e. The van der Waals surface area contributed by atoms with Crippen molar-refractivity contribution in [1.29, 1.82) is 0 Å². The summed E-state index contributed by atoms with van der Waals surface area (Å²) in [5.41, 5.74) is 1.64. The number of benzene rings is 2. The topological polar surface area (TPSA) is 101 Å². The average molecular weight is 471 g/mol. The van der Waals surface area contributed by atoms with E-state index in [-0.39, 0.29) is 16.1 Å². The number of halogens is 1. The summed E-state index contributed by atoms with van der Waals surface area (Å²) in [6.07, 6.45) is 1.66. The Balaban J connectivity index is 1.55. The fourth-order valence-corrected chi connectivity index (χ4v) is 4.62. The molecule has 2 aromatic carbocycles. The third kappa shape index (κ3) is 4.91. The van der Waals surface area contributed by atoms with Gasteiger partial charge in [0, 0.05) is 16.6 Å². The van der Waals surface area contributed by atoms with Gasteiger partial charge in [0.2, 0.25) is 0 Å². The van der Waals surface area contributed by atoms with Gasteiger partial charge in [0.1, 0.15) is 5.69 Å². The molecule has 0 aliphatic heterocycles. The molecule has 31 heavy (non-hydrogen) atoms. The zero-order valence-corrected chi connectivity index (χ0v) is 18.2. The Hall–Kier alpha value is -3.27. The van der Waals surface area contributed by atoms with Crippen molar-refractivity contribution >= 4 is 49.7 Å². The van der Waals surface area contributed by atoms with Crippen LogP contribution in [-0.2, 0) is 10.0 Å². The monoisotopic (exact) mass is 470 g/mol. The molecule has 2 heterocycles. The SMILES string of the molecule is O=C(Nc1nc(-c2ccccn2)cs1)c1ccccc1NS(=O)(=O)c1ccc(Cl)cc1. The lowest BCUT2D eigenvalue weighted by atomic mass is 10.2. The summed E-state index contributed by atoms with van der Waals surface area (Å²) in [5.74, 6) is -0.490. The summed E-state index contributed by atoms with van der Waals surface area (Å²) in [5, 5.41) is 5.29. The molecule has 4 rings (SSSR count). The first-order chi connectivity index (χ1) is 14.9. The minimum absolute atomic E-state index is 0.0343. The van der Waals surface area contributed by atoms with Gasteiger partial charge in [-0.2, -0.15) is 0 Å². The van der Waals surface area contributed by atoms with Crippen LogP contribution in [0.5, 0.6) is 0 Å². The number of carbonyl (C=O) groups is 1. The van der Waals surface area contributed by atoms with Crippen molar-refractivity contribution in [1.82, 2.24) is 9.97 Å². The number of para-hydroxylation sites is 1. The zero-order chi connectivity index (χ0) is 21.8. The predicted molar refractivity (Wildman–Crippen MR) is 122 cm³/mol. The van der Waals surface area contributed by atoms with Crippen LogP contribution < -0.4 is 10.0 Å². The van der Waals surface area contributed by atoms with Gasteiger partial charge in [-0.05, 0) is 48.5 Å². The average Bonchev–Trinajstić information content (AvgIpc) is 3.23. The van der Waals surface area contributed by atoms with E-state index < -0.39 is 15.9 Å². The largest absolute Gasteiger partial charge is 0.298 e. The summed E-state index contributed by atoms with van der Waals surface area (Å²) in [6, 6.07) is 17.6. The van der Waals surface area contributed by atoms with Gasteiger partial charge in [0.05, 0.1) is 21.8 Å². The molecule has 1 amide bonds. The molecule has 0 radical (unpaired) electrons. The summed E-state index contributed by atoms with van der Waals surface area (Å²) >= 11 is 7.08. The molecule has 0 saturated heterocycles. The van der Waals surface area contributed by atoms with E-state index in [4.69, 9.17) is 11.6 Å². The number of anilines is 2. The Morgan fingerprint density at radius 3 is 2.42 bits per heavy atom. The number of aromatic nitrogens is 2. The van der Waals surface area contributed by atoms with Gasteiger partial charge >= 0.3 is 0 Å². The highest BCUT2D eigenvalue weighted by Crippen LogP contribution is 2.26. The van der Waals surface area contributed by atoms with Crippen LogP contribution in [-0.4, -0.2) is 24.3 Å². The maximum atomic E-state index is 12.8. The third-order valence-corrected chi connectivity index (χ3v) is 6.58. The molecule has 2 N–H and O–H groups in total. The molecule has 4 aromatic rings. The van der Waals surface area contributed by atoms with Gasteiger partial charge in [-0.3, -0.25) is 19.8 Å². The van der Waals surface area contributed by atoms with Gasteiger partial charge in [-0.25, -0.2) is 13.4 Å². The van der Waals surface area contributed by atoms with Gasteiger partial charge in [0.25, 0.3) is 15.9 Å². The minimum Gasteiger partial charge on any atom is -0.298 e. The molecule has 10 heteroatoms. The number of amides is 1. The fourth-order valence-electron chi connectivity index (χ4n) is 2.72. The molecule has 2 aromatic heterocycles. The molecule has 0 fully saturated rings. The molecule has 156 valence electrons. The highest BCUT2D eigenvalue weighted by molar-refractivity contribution is 7.92. The van der Waals surface area contributed by atoms with Crippen LogP contribution in [0, 0.1) is 0 Å². The van der Waals surface area contributed by atoms with Gasteiger partial charge in [-0.1, -0.05) is 29.8 Å². The quantitative estimate of drug-likeness (QED) is 0.417. The highest BCUT2D eigenvalue weighted by Gasteiger charge is 2.19. The van der Waals surface area contributed by atoms with E-state index in [0.717, 1.165) is 0 Å². The standard InChI is InChI=1S/C21H15ClN4O3S2/c22-14-8-10-15(11-9-14)31(28,29)26-17-6-2-1-5-16(17)20(27)25-21-24-19(13-30-21)18-7-3-4-12-23-18/h1-13,26H,(H,24,25,27). The number of carbonyl (C=O) groups excluding carboxylic acids is 1. The maximum absolute atomic E-state index is 12.8. The summed E-state index contributed by atoms with van der Waals surface area (Å²) in [4.78, 5) is 21.5. The summed E-state index contributed by atoms with van der Waals surface area (Å²) in [7, 11) is -3.90. The van der Waals surface area contributed by atoms with Crippen LogP contribution in [0.15, 0.2) is 83.2 Å². The minimum atomic E-state index is -3.90. The molecule has 0 bridgehead atoms. The molecule has 0 atom stereocenters. The zero-order valence-electron chi connectivity index (χ0n) is 15.8. The Morgan fingerprint density at radius 2 is 1.68 bits per heavy atom. The van der Waals surface area contributed by atoms with Gasteiger partial charge < -0.3 is 0 Å². The van der Waals surface area contributed by atoms with E-state index in [1.165, 1.54) is 47.7 Å². The number of hydrogen-bond acceptors (Lipinski definition) is 6. The Kier molecular flexibility index (Phi) is 5.99. The first-order valence-electron chi connectivity index (χ1n) is 8.98. The Morgan fingerprint density at radius 1 is 0.935 bits per heavy atom. The molecule has 0 spiro atoms. The number of thiazole rings is 1. The first-order valence-corrected chi connectivity index (χ1v) is 11.7. The van der Waals surface area contributed by atoms with Gasteiger partial charge in [-0.15, -0.1) is 11.3 Å². The highest BCUT2D eigenvalue weighted by atomic mass is 35.5. The fraction of sp³-hybridized carbons (Fsp3) is 0. The van der Waals surface area contributed by atoms with E-state index in [1.54, 1.807) is 29.8 Å². The number of pyridine rings is 1. The van der Waals surface area contributed by atoms with Crippen molar-refractivity contribution in [3.05, 3.63) is 88.9 Å². The number of nitrogens with one attached hydrogen (secondary N) is 2. The summed E-state index contributed by atoms with van der Waals surface area (Å²) < 4.78 is 27.9. The lowest BCUT2D eigenvalue weighted by Gasteiger charge is -2.12. The van der Waals surface area contributed by atoms with Crippen LogP contribution in [0.1, 0.15) is 10.4 Å². The van der Waals surface area contributed by atoms with Crippen LogP contribution in [0.3, 0.4) is 0 Å². The van der Waals surface area contributed by atoms with E-state index in [0.29, 0.717) is 21.5 Å². The van der Waals surface area contributed by atoms with Crippen LogP contribution in [0.4, 0.5) is 10.8 Å². The number of rotatable bonds is 6. The molecular formula is C21H15ClN4O3S2. The normalized spacial score (nSPS) is 11.1. The molecular weight excluding hydrogens is 456 g/mol. The lowest BCUT2D eigenvalue weighted by molar-refractivity contribution is 0.102. The van der Waals surface area contributed by atoms with Crippen molar-refractivity contribution in [2.24, 2.45) is 0 Å². The molecule has 0 aliphatic rings. The van der Waals surface area contributed by atoms with Crippen LogP contribution in [0.2, 0.25) is 5.02 Å². The second-order valence-corrected chi connectivity index (χ2v) is 9.29. The van der Waals surface area contributed by atoms with E-state index in [2.05, 4.69) is 20.0 Å². The molecule has 0 aliphatic carbocycles. The van der Waals surface area contributed by atoms with Crippen molar-refractivity contribution in [3.8, 4) is 11.4 Å². The Bertz CT molecular complexity index is 1320.